The Morgan fingerprint density at radius 3 is 2.14 bits per heavy atom. The fourth-order valence-electron chi connectivity index (χ4n) is 0.743. The molecule has 0 amide bonds. The van der Waals surface area contributed by atoms with Gasteiger partial charge in [-0.05, 0) is 6.92 Å². The van der Waals surface area contributed by atoms with Crippen LogP contribution in [0.3, 0.4) is 0 Å². The lowest BCUT2D eigenvalue weighted by atomic mass is 10.0. The van der Waals surface area contributed by atoms with Crippen LogP contribution in [0.15, 0.2) is 0 Å². The number of nitrogens with two attached hydrogens (primary N) is 2. The van der Waals surface area contributed by atoms with Gasteiger partial charge in [0.15, 0.2) is 11.4 Å². The van der Waals surface area contributed by atoms with Gasteiger partial charge in [-0.2, -0.15) is 23.3 Å². The molecule has 0 aliphatic carbocycles. The molecule has 4 N–H and O–H groups in total. The lowest BCUT2D eigenvalue weighted by molar-refractivity contribution is -0.186. The first-order valence-electron chi connectivity index (χ1n) is 3.69. The van der Waals surface area contributed by atoms with Gasteiger partial charge in [-0.1, -0.05) is 0 Å². The van der Waals surface area contributed by atoms with Gasteiger partial charge in [-0.15, -0.1) is 0 Å². The van der Waals surface area contributed by atoms with Gasteiger partial charge in [0.25, 0.3) is 0 Å². The van der Waals surface area contributed by atoms with Crippen molar-refractivity contribution < 1.29 is 13.2 Å². The summed E-state index contributed by atoms with van der Waals surface area (Å²) >= 11 is 0. The van der Waals surface area contributed by atoms with Gasteiger partial charge in [-0.25, -0.2) is 4.68 Å². The minimum atomic E-state index is -4.61. The number of nitrogen functional groups attached to an aromatic ring is 1. The fraction of sp³-hybridized carbons (Fsp3) is 0.667. The highest BCUT2D eigenvalue weighted by Gasteiger charge is 2.52. The predicted molar refractivity (Wildman–Crippen MR) is 43.0 cm³/mol. The second-order valence-corrected chi connectivity index (χ2v) is 3.12. The summed E-state index contributed by atoms with van der Waals surface area (Å²) < 4.78 is 38.2. The summed E-state index contributed by atoms with van der Waals surface area (Å²) in [6, 6.07) is 0. The van der Waals surface area contributed by atoms with Gasteiger partial charge in [0.05, 0.1) is 0 Å². The zero-order valence-corrected chi connectivity index (χ0v) is 7.63. The van der Waals surface area contributed by atoms with Crippen LogP contribution in [-0.4, -0.2) is 20.9 Å². The molecular formula is C6H10F3N5. The molecular weight excluding hydrogens is 199 g/mol. The fourth-order valence-corrected chi connectivity index (χ4v) is 0.743. The number of aromatic nitrogens is 3. The normalized spacial score (nSPS) is 16.7. The van der Waals surface area contributed by atoms with E-state index in [0.717, 1.165) is 11.6 Å². The molecule has 5 nitrogen and oxygen atoms in total. The molecule has 80 valence electrons. The van der Waals surface area contributed by atoms with Crippen LogP contribution >= 0.6 is 0 Å². The van der Waals surface area contributed by atoms with E-state index in [2.05, 4.69) is 10.1 Å². The molecule has 0 saturated heterocycles. The van der Waals surface area contributed by atoms with Crippen molar-refractivity contribution >= 4 is 5.95 Å². The van der Waals surface area contributed by atoms with Gasteiger partial charge >= 0.3 is 6.18 Å². The van der Waals surface area contributed by atoms with Crippen molar-refractivity contribution in [2.45, 2.75) is 18.6 Å². The Bertz CT molecular complexity index is 320. The monoisotopic (exact) mass is 209 g/mol. The predicted octanol–water partition coefficient (Wildman–Crippen LogP) is 0.133. The molecule has 0 spiro atoms. The molecule has 0 bridgehead atoms. The lowest BCUT2D eigenvalue weighted by Gasteiger charge is -2.23. The Kier molecular flexibility index (Phi) is 2.18. The van der Waals surface area contributed by atoms with E-state index in [0.29, 0.717) is 0 Å². The minimum Gasteiger partial charge on any atom is -0.368 e. The van der Waals surface area contributed by atoms with Crippen molar-refractivity contribution in [3.8, 4) is 0 Å². The Morgan fingerprint density at radius 1 is 1.36 bits per heavy atom. The van der Waals surface area contributed by atoms with Crippen LogP contribution in [0.2, 0.25) is 0 Å². The number of hydrogen-bond donors (Lipinski definition) is 2. The third kappa shape index (κ3) is 1.52. The highest BCUT2D eigenvalue weighted by molar-refractivity contribution is 5.19. The van der Waals surface area contributed by atoms with Crippen molar-refractivity contribution in [3.05, 3.63) is 5.82 Å². The summed E-state index contributed by atoms with van der Waals surface area (Å²) in [6.07, 6.45) is -4.61. The maximum Gasteiger partial charge on any atom is 0.413 e. The summed E-state index contributed by atoms with van der Waals surface area (Å²) in [5.74, 6) is -0.647. The maximum absolute atomic E-state index is 12.4. The molecule has 0 radical (unpaired) electrons. The van der Waals surface area contributed by atoms with Crippen LogP contribution in [0.4, 0.5) is 19.1 Å². The van der Waals surface area contributed by atoms with E-state index < -0.39 is 17.5 Å². The summed E-state index contributed by atoms with van der Waals surface area (Å²) in [5, 5.41) is 3.48. The van der Waals surface area contributed by atoms with Crippen molar-refractivity contribution in [3.63, 3.8) is 0 Å². The molecule has 1 aromatic rings. The first kappa shape index (κ1) is 10.8. The van der Waals surface area contributed by atoms with Gasteiger partial charge in [0.2, 0.25) is 5.95 Å². The van der Waals surface area contributed by atoms with Crippen molar-refractivity contribution in [1.82, 2.24) is 14.8 Å². The average Bonchev–Trinajstić information content (AvgIpc) is 2.30. The molecule has 0 aliphatic heterocycles. The second-order valence-electron chi connectivity index (χ2n) is 3.12. The van der Waals surface area contributed by atoms with E-state index in [-0.39, 0.29) is 5.95 Å². The Hall–Kier alpha value is -1.31. The molecule has 1 atom stereocenters. The molecule has 14 heavy (non-hydrogen) atoms. The molecule has 1 unspecified atom stereocenters. The molecule has 1 aromatic heterocycles. The summed E-state index contributed by atoms with van der Waals surface area (Å²) in [6.45, 7) is 0.793. The van der Waals surface area contributed by atoms with Gasteiger partial charge in [0, 0.05) is 7.05 Å². The van der Waals surface area contributed by atoms with E-state index in [9.17, 15) is 13.2 Å². The third-order valence-corrected chi connectivity index (χ3v) is 1.85. The first-order chi connectivity index (χ1) is 6.16. The molecule has 0 aliphatic rings. The number of nitrogens with zero attached hydrogens (tertiary/aromatic N) is 3. The molecule has 1 rings (SSSR count). The summed E-state index contributed by atoms with van der Waals surface area (Å²) in [5.41, 5.74) is 7.74. The number of aryl methyl sites for hydroxylation is 1. The molecule has 8 heteroatoms. The van der Waals surface area contributed by atoms with Gasteiger partial charge in [0.1, 0.15) is 0 Å². The summed E-state index contributed by atoms with van der Waals surface area (Å²) in [7, 11) is 1.39. The van der Waals surface area contributed by atoms with Crippen LogP contribution < -0.4 is 11.5 Å². The minimum absolute atomic E-state index is 0.110. The van der Waals surface area contributed by atoms with Crippen LogP contribution in [0.1, 0.15) is 12.7 Å². The molecule has 1 heterocycles. The Balaban J connectivity index is 3.16. The Morgan fingerprint density at radius 2 is 1.86 bits per heavy atom. The molecule has 0 fully saturated rings. The highest BCUT2D eigenvalue weighted by Crippen LogP contribution is 2.34. The number of alkyl halides is 3. The number of anilines is 1. The van der Waals surface area contributed by atoms with E-state index in [1.165, 1.54) is 7.05 Å². The Labute approximate surface area is 77.9 Å². The second kappa shape index (κ2) is 2.84. The van der Waals surface area contributed by atoms with Gasteiger partial charge < -0.3 is 11.5 Å². The van der Waals surface area contributed by atoms with E-state index in [4.69, 9.17) is 11.5 Å². The molecule has 0 aromatic carbocycles. The van der Waals surface area contributed by atoms with E-state index in [1.54, 1.807) is 0 Å². The van der Waals surface area contributed by atoms with Crippen LogP contribution in [-0.2, 0) is 12.6 Å². The first-order valence-corrected chi connectivity index (χ1v) is 3.69. The van der Waals surface area contributed by atoms with Crippen molar-refractivity contribution in [2.75, 3.05) is 5.73 Å². The number of halogens is 3. The molecule has 0 saturated carbocycles. The maximum atomic E-state index is 12.4. The lowest BCUT2D eigenvalue weighted by Crippen LogP contribution is -2.48. The van der Waals surface area contributed by atoms with Crippen LogP contribution in [0.5, 0.6) is 0 Å². The van der Waals surface area contributed by atoms with Crippen LogP contribution in [0, 0.1) is 0 Å². The van der Waals surface area contributed by atoms with Crippen LogP contribution in [0.25, 0.3) is 0 Å². The van der Waals surface area contributed by atoms with E-state index >= 15 is 0 Å². The van der Waals surface area contributed by atoms with Gasteiger partial charge in [-0.3, -0.25) is 0 Å². The number of rotatable bonds is 1. The topological polar surface area (TPSA) is 82.8 Å². The zero-order valence-electron chi connectivity index (χ0n) is 7.63. The average molecular weight is 209 g/mol. The largest absolute Gasteiger partial charge is 0.413 e. The highest BCUT2D eigenvalue weighted by atomic mass is 19.4. The van der Waals surface area contributed by atoms with E-state index in [1.807, 2.05) is 0 Å². The third-order valence-electron chi connectivity index (χ3n) is 1.85. The SMILES string of the molecule is Cn1nc(C(C)(N)C(F)(F)F)nc1N. The quantitative estimate of drug-likeness (QED) is 0.688. The zero-order chi connectivity index (χ0) is 11.1. The van der Waals surface area contributed by atoms with Crippen molar-refractivity contribution in [2.24, 2.45) is 12.8 Å². The number of hydrogen-bond acceptors (Lipinski definition) is 4. The smallest absolute Gasteiger partial charge is 0.368 e. The van der Waals surface area contributed by atoms with Crippen molar-refractivity contribution in [1.29, 1.82) is 0 Å². The summed E-state index contributed by atoms with van der Waals surface area (Å²) in [4.78, 5) is 3.43. The standard InChI is InChI=1S/C6H10F3N5/c1-5(11,6(7,8)9)3-12-4(10)14(2)13-3/h11H2,1-2H3,(H2,10,12,13).